The van der Waals surface area contributed by atoms with E-state index in [-0.39, 0.29) is 5.56 Å². The monoisotopic (exact) mass is 323 g/mol. The van der Waals surface area contributed by atoms with Crippen molar-refractivity contribution in [2.24, 2.45) is 5.10 Å². The Kier molecular flexibility index (Phi) is 4.35. The predicted octanol–water partition coefficient (Wildman–Crippen LogP) is 3.91. The van der Waals surface area contributed by atoms with Crippen LogP contribution >= 0.6 is 11.6 Å². The number of fused-ring (bicyclic) bond motifs is 1. The quantitative estimate of drug-likeness (QED) is 0.686. The third-order valence-corrected chi connectivity index (χ3v) is 3.56. The van der Waals surface area contributed by atoms with Crippen LogP contribution < -0.4 is 5.56 Å². The molecule has 0 bridgehead atoms. The number of benzene rings is 2. The zero-order valence-corrected chi connectivity index (χ0v) is 13.2. The van der Waals surface area contributed by atoms with Gasteiger partial charge in [0.2, 0.25) is 0 Å². The van der Waals surface area contributed by atoms with E-state index in [0.29, 0.717) is 21.7 Å². The fourth-order valence-corrected chi connectivity index (χ4v) is 2.39. The fourth-order valence-electron chi connectivity index (χ4n) is 2.22. The molecule has 1 heterocycles. The minimum atomic E-state index is -0.237. The van der Waals surface area contributed by atoms with Gasteiger partial charge in [-0.05, 0) is 36.8 Å². The van der Waals surface area contributed by atoms with Crippen LogP contribution in [-0.4, -0.2) is 15.9 Å². The lowest BCUT2D eigenvalue weighted by Gasteiger charge is -2.05. The Bertz CT molecular complexity index is 959. The Hall–Kier alpha value is -2.72. The molecule has 3 aromatic rings. The van der Waals surface area contributed by atoms with Gasteiger partial charge in [-0.15, -0.1) is 0 Å². The molecular weight excluding hydrogens is 310 g/mol. The first kappa shape index (κ1) is 15.2. The highest BCUT2D eigenvalue weighted by Crippen LogP contribution is 2.15. The maximum atomic E-state index is 12.5. The molecule has 0 aliphatic rings. The van der Waals surface area contributed by atoms with Gasteiger partial charge in [-0.1, -0.05) is 48.0 Å². The number of nitrogens with zero attached hydrogens (tertiary/aromatic N) is 3. The summed E-state index contributed by atoms with van der Waals surface area (Å²) in [7, 11) is 0. The standard InChI is InChI=1S/C18H14ClN3O/c1-13-21-17-10-9-15(19)12-16(17)18(23)22(13)20-11-5-8-14-6-3-2-4-7-14/h2-12H,1H3/b8-5+,20-11+. The van der Waals surface area contributed by atoms with Crippen LogP contribution in [0.3, 0.4) is 0 Å². The molecule has 0 aliphatic carbocycles. The normalized spacial score (nSPS) is 11.7. The molecule has 5 heteroatoms. The van der Waals surface area contributed by atoms with E-state index in [4.69, 9.17) is 11.6 Å². The van der Waals surface area contributed by atoms with Crippen LogP contribution in [0, 0.1) is 6.92 Å². The van der Waals surface area contributed by atoms with Gasteiger partial charge >= 0.3 is 0 Å². The minimum Gasteiger partial charge on any atom is -0.267 e. The number of allylic oxidation sites excluding steroid dienone is 1. The average molecular weight is 324 g/mol. The largest absolute Gasteiger partial charge is 0.282 e. The van der Waals surface area contributed by atoms with Crippen molar-refractivity contribution in [1.29, 1.82) is 0 Å². The Morgan fingerprint density at radius 2 is 1.96 bits per heavy atom. The molecule has 0 saturated carbocycles. The fraction of sp³-hybridized carbons (Fsp3) is 0.0556. The summed E-state index contributed by atoms with van der Waals surface area (Å²) in [5, 5.41) is 5.14. The molecule has 0 aliphatic heterocycles. The second-order valence-corrected chi connectivity index (χ2v) is 5.41. The number of aromatic nitrogens is 2. The van der Waals surface area contributed by atoms with Gasteiger partial charge in [-0.2, -0.15) is 9.78 Å². The molecule has 0 radical (unpaired) electrons. The first-order chi connectivity index (χ1) is 11.1. The lowest BCUT2D eigenvalue weighted by atomic mass is 10.2. The van der Waals surface area contributed by atoms with E-state index in [1.54, 1.807) is 37.4 Å². The lowest BCUT2D eigenvalue weighted by Crippen LogP contribution is -2.20. The molecule has 0 fully saturated rings. The van der Waals surface area contributed by atoms with Crippen LogP contribution in [0.1, 0.15) is 11.4 Å². The van der Waals surface area contributed by atoms with Crippen molar-refractivity contribution in [3.8, 4) is 0 Å². The summed E-state index contributed by atoms with van der Waals surface area (Å²) < 4.78 is 1.27. The highest BCUT2D eigenvalue weighted by Gasteiger charge is 2.07. The topological polar surface area (TPSA) is 47.2 Å². The zero-order valence-electron chi connectivity index (χ0n) is 12.5. The van der Waals surface area contributed by atoms with Crippen molar-refractivity contribution in [3.05, 3.63) is 81.4 Å². The van der Waals surface area contributed by atoms with Gasteiger partial charge in [0, 0.05) is 11.2 Å². The van der Waals surface area contributed by atoms with E-state index in [1.165, 1.54) is 4.68 Å². The summed E-state index contributed by atoms with van der Waals surface area (Å²) in [5.41, 5.74) is 1.44. The first-order valence-corrected chi connectivity index (χ1v) is 7.48. The van der Waals surface area contributed by atoms with E-state index in [0.717, 1.165) is 5.56 Å². The molecule has 0 amide bonds. The van der Waals surface area contributed by atoms with Crippen LogP contribution in [-0.2, 0) is 0 Å². The Morgan fingerprint density at radius 3 is 2.74 bits per heavy atom. The van der Waals surface area contributed by atoms with Crippen molar-refractivity contribution >= 4 is 34.8 Å². The molecule has 3 rings (SSSR count). The van der Waals surface area contributed by atoms with Crippen LogP contribution in [0.5, 0.6) is 0 Å². The van der Waals surface area contributed by atoms with Crippen molar-refractivity contribution in [2.75, 3.05) is 0 Å². The van der Waals surface area contributed by atoms with Crippen LogP contribution in [0.4, 0.5) is 0 Å². The maximum Gasteiger partial charge on any atom is 0.282 e. The van der Waals surface area contributed by atoms with E-state index < -0.39 is 0 Å². The Balaban J connectivity index is 1.95. The van der Waals surface area contributed by atoms with Gasteiger partial charge in [-0.25, -0.2) is 4.98 Å². The molecule has 0 saturated heterocycles. The molecule has 2 aromatic carbocycles. The van der Waals surface area contributed by atoms with Gasteiger partial charge in [0.15, 0.2) is 0 Å². The smallest absolute Gasteiger partial charge is 0.267 e. The van der Waals surface area contributed by atoms with E-state index in [9.17, 15) is 4.79 Å². The molecule has 23 heavy (non-hydrogen) atoms. The van der Waals surface area contributed by atoms with Crippen LogP contribution in [0.25, 0.3) is 17.0 Å². The highest BCUT2D eigenvalue weighted by molar-refractivity contribution is 6.31. The van der Waals surface area contributed by atoms with Crippen molar-refractivity contribution in [3.63, 3.8) is 0 Å². The number of aryl methyl sites for hydroxylation is 1. The number of hydrogen-bond donors (Lipinski definition) is 0. The zero-order chi connectivity index (χ0) is 16.2. The van der Waals surface area contributed by atoms with Crippen molar-refractivity contribution < 1.29 is 0 Å². The summed E-state index contributed by atoms with van der Waals surface area (Å²) in [5.74, 6) is 0.522. The molecule has 0 unspecified atom stereocenters. The average Bonchev–Trinajstić information content (AvgIpc) is 2.56. The summed E-state index contributed by atoms with van der Waals surface area (Å²) in [4.78, 5) is 16.9. The molecule has 0 spiro atoms. The van der Waals surface area contributed by atoms with E-state index in [1.807, 2.05) is 36.4 Å². The summed E-state index contributed by atoms with van der Waals surface area (Å²) in [6.07, 6.45) is 5.26. The lowest BCUT2D eigenvalue weighted by molar-refractivity contribution is 0.771. The number of halogens is 1. The molecule has 0 N–H and O–H groups in total. The number of rotatable bonds is 3. The van der Waals surface area contributed by atoms with Crippen molar-refractivity contribution in [1.82, 2.24) is 9.66 Å². The molecule has 114 valence electrons. The predicted molar refractivity (Wildman–Crippen MR) is 95.1 cm³/mol. The van der Waals surface area contributed by atoms with Crippen LogP contribution in [0.2, 0.25) is 5.02 Å². The Labute approximate surface area is 138 Å². The third-order valence-electron chi connectivity index (χ3n) is 3.33. The molecular formula is C18H14ClN3O. The maximum absolute atomic E-state index is 12.5. The van der Waals surface area contributed by atoms with Gasteiger partial charge in [0.25, 0.3) is 5.56 Å². The van der Waals surface area contributed by atoms with Crippen LogP contribution in [0.15, 0.2) is 64.5 Å². The highest BCUT2D eigenvalue weighted by atomic mass is 35.5. The second kappa shape index (κ2) is 6.58. The molecule has 1 aromatic heterocycles. The van der Waals surface area contributed by atoms with Gasteiger partial charge < -0.3 is 0 Å². The van der Waals surface area contributed by atoms with E-state index in [2.05, 4.69) is 10.1 Å². The van der Waals surface area contributed by atoms with Crippen molar-refractivity contribution in [2.45, 2.75) is 6.92 Å². The first-order valence-electron chi connectivity index (χ1n) is 7.10. The second-order valence-electron chi connectivity index (χ2n) is 4.97. The Morgan fingerprint density at radius 1 is 1.17 bits per heavy atom. The van der Waals surface area contributed by atoms with Gasteiger partial charge in [0.1, 0.15) is 5.82 Å². The number of hydrogen-bond acceptors (Lipinski definition) is 3. The summed E-state index contributed by atoms with van der Waals surface area (Å²) >= 11 is 5.95. The molecule has 4 nitrogen and oxygen atoms in total. The van der Waals surface area contributed by atoms with Gasteiger partial charge in [-0.3, -0.25) is 4.79 Å². The minimum absolute atomic E-state index is 0.237. The summed E-state index contributed by atoms with van der Waals surface area (Å²) in [6, 6.07) is 14.9. The third kappa shape index (κ3) is 3.38. The van der Waals surface area contributed by atoms with E-state index >= 15 is 0 Å². The summed E-state index contributed by atoms with van der Waals surface area (Å²) in [6.45, 7) is 1.74. The molecule has 0 atom stereocenters. The van der Waals surface area contributed by atoms with Gasteiger partial charge in [0.05, 0.1) is 10.9 Å². The SMILES string of the molecule is Cc1nc2ccc(Cl)cc2c(=O)n1/N=C/C=C/c1ccccc1.